The smallest absolute Gasteiger partial charge is 0.255 e. The number of hydrogen-bond acceptors (Lipinski definition) is 4. The van der Waals surface area contributed by atoms with E-state index in [0.717, 1.165) is 16.7 Å². The van der Waals surface area contributed by atoms with Crippen molar-refractivity contribution in [3.05, 3.63) is 47.9 Å². The molecule has 0 saturated carbocycles. The van der Waals surface area contributed by atoms with Gasteiger partial charge in [0.25, 0.3) is 5.89 Å². The molecule has 0 unspecified atom stereocenters. The number of halogens is 3. The molecular weight excluding hydrogens is 456 g/mol. The van der Waals surface area contributed by atoms with Crippen LogP contribution in [-0.2, 0) is 2.14 Å². The van der Waals surface area contributed by atoms with Crippen LogP contribution in [0.25, 0.3) is 23.1 Å². The van der Waals surface area contributed by atoms with Crippen LogP contribution in [0.1, 0.15) is 17.5 Å². The van der Waals surface area contributed by atoms with E-state index in [-0.39, 0.29) is 0 Å². The summed E-state index contributed by atoms with van der Waals surface area (Å²) in [7, 11) is 0. The minimum Gasteiger partial charge on any atom is -0.457 e. The van der Waals surface area contributed by atoms with Crippen LogP contribution in [0.4, 0.5) is 0 Å². The molecule has 1 aromatic carbocycles. The summed E-state index contributed by atoms with van der Waals surface area (Å²) in [6, 6.07) is 9.78. The number of hydrogen-bond donors (Lipinski definition) is 0. The fourth-order valence-corrected chi connectivity index (χ4v) is 2.14. The largest absolute Gasteiger partial charge is 0.457 e. The van der Waals surface area contributed by atoms with Crippen molar-refractivity contribution >= 4 is 70.9 Å². The summed E-state index contributed by atoms with van der Waals surface area (Å²) in [4.78, 5) is 0. The van der Waals surface area contributed by atoms with E-state index < -0.39 is 2.14 Å². The fraction of sp³-hybridized carbons (Fsp3) is 0.0769. The molecule has 3 aromatic rings. The molecule has 0 bridgehead atoms. The number of para-hydroxylation sites is 1. The Labute approximate surface area is 139 Å². The predicted octanol–water partition coefficient (Wildman–Crippen LogP) is 5.28. The van der Waals surface area contributed by atoms with Crippen molar-refractivity contribution in [3.63, 3.8) is 0 Å². The van der Waals surface area contributed by atoms with Gasteiger partial charge in [0.05, 0.1) is 0 Å². The van der Waals surface area contributed by atoms with Gasteiger partial charge in [-0.25, -0.2) is 0 Å². The van der Waals surface area contributed by atoms with Crippen LogP contribution in [0.3, 0.4) is 0 Å². The molecule has 0 aliphatic heterocycles. The molecule has 4 nitrogen and oxygen atoms in total. The van der Waals surface area contributed by atoms with Crippen molar-refractivity contribution in [1.29, 1.82) is 0 Å². The van der Waals surface area contributed by atoms with Gasteiger partial charge in [-0.1, -0.05) is 18.2 Å². The maximum atomic E-state index is 5.66. The molecular formula is C13H7Br3N2O2. The Morgan fingerprint density at radius 3 is 2.50 bits per heavy atom. The van der Waals surface area contributed by atoms with Crippen molar-refractivity contribution in [1.82, 2.24) is 10.2 Å². The minimum absolute atomic E-state index is 0.377. The molecule has 7 heteroatoms. The Hall–Kier alpha value is -0.920. The van der Waals surface area contributed by atoms with E-state index in [1.165, 1.54) is 0 Å². The third-order valence-corrected chi connectivity index (χ3v) is 3.54. The molecule has 2 heterocycles. The first-order chi connectivity index (χ1) is 9.52. The Morgan fingerprint density at radius 2 is 1.80 bits per heavy atom. The van der Waals surface area contributed by atoms with Gasteiger partial charge < -0.3 is 8.83 Å². The second-order valence-electron chi connectivity index (χ2n) is 3.96. The van der Waals surface area contributed by atoms with Crippen molar-refractivity contribution in [2.24, 2.45) is 0 Å². The predicted molar refractivity (Wildman–Crippen MR) is 87.9 cm³/mol. The van der Waals surface area contributed by atoms with Gasteiger partial charge in [0.2, 0.25) is 8.03 Å². The highest BCUT2D eigenvalue weighted by Gasteiger charge is 2.27. The van der Waals surface area contributed by atoms with Gasteiger partial charge >= 0.3 is 0 Å². The zero-order chi connectivity index (χ0) is 14.2. The zero-order valence-electron chi connectivity index (χ0n) is 9.89. The molecule has 0 saturated heterocycles. The third kappa shape index (κ3) is 3.05. The molecule has 102 valence electrons. The normalized spacial score (nSPS) is 12.6. The van der Waals surface area contributed by atoms with E-state index in [1.807, 2.05) is 30.3 Å². The quantitative estimate of drug-likeness (QED) is 0.486. The minimum atomic E-state index is -0.703. The van der Waals surface area contributed by atoms with Crippen LogP contribution < -0.4 is 0 Å². The lowest BCUT2D eigenvalue weighted by Crippen LogP contribution is -1.97. The van der Waals surface area contributed by atoms with Gasteiger partial charge in [-0.3, -0.25) is 0 Å². The summed E-state index contributed by atoms with van der Waals surface area (Å²) in [6.45, 7) is 0. The standard InChI is InChI=1S/C13H7Br3N2O2/c14-13(15,16)12-18-17-11(20-12)6-5-9-7-8-3-1-2-4-10(8)19-9/h1-7H/b6-5+. The highest BCUT2D eigenvalue weighted by atomic mass is 80.0. The summed E-state index contributed by atoms with van der Waals surface area (Å²) < 4.78 is 10.4. The van der Waals surface area contributed by atoms with Crippen LogP contribution in [-0.4, -0.2) is 10.2 Å². The van der Waals surface area contributed by atoms with Crippen molar-refractivity contribution in [2.45, 2.75) is 2.14 Å². The first-order valence-corrected chi connectivity index (χ1v) is 7.98. The lowest BCUT2D eigenvalue weighted by molar-refractivity contribution is 0.502. The lowest BCUT2D eigenvalue weighted by atomic mass is 10.2. The van der Waals surface area contributed by atoms with Gasteiger partial charge in [0.15, 0.2) is 0 Å². The van der Waals surface area contributed by atoms with Crippen LogP contribution >= 0.6 is 47.8 Å². The summed E-state index contributed by atoms with van der Waals surface area (Å²) >= 11 is 9.94. The average molecular weight is 463 g/mol. The Balaban J connectivity index is 1.85. The maximum absolute atomic E-state index is 5.66. The molecule has 0 fully saturated rings. The second-order valence-corrected chi connectivity index (χ2v) is 10.7. The van der Waals surface area contributed by atoms with Gasteiger partial charge in [-0.15, -0.1) is 10.2 Å². The molecule has 0 spiro atoms. The number of nitrogens with zero attached hydrogens (tertiary/aromatic N) is 2. The summed E-state index contributed by atoms with van der Waals surface area (Å²) in [5.74, 6) is 1.50. The summed E-state index contributed by atoms with van der Waals surface area (Å²) in [5.41, 5.74) is 0.846. The number of furan rings is 1. The molecule has 0 N–H and O–H groups in total. The Bertz CT molecular complexity index is 738. The topological polar surface area (TPSA) is 52.1 Å². The zero-order valence-corrected chi connectivity index (χ0v) is 14.6. The van der Waals surface area contributed by atoms with Crippen LogP contribution in [0.2, 0.25) is 0 Å². The Kier molecular flexibility index (Phi) is 3.83. The first-order valence-electron chi connectivity index (χ1n) is 5.60. The molecule has 0 aliphatic carbocycles. The van der Waals surface area contributed by atoms with E-state index in [0.29, 0.717) is 11.8 Å². The highest BCUT2D eigenvalue weighted by Crippen LogP contribution is 2.43. The van der Waals surface area contributed by atoms with Crippen LogP contribution in [0, 0.1) is 0 Å². The molecule has 0 aliphatic rings. The monoisotopic (exact) mass is 460 g/mol. The van der Waals surface area contributed by atoms with E-state index in [4.69, 9.17) is 8.83 Å². The average Bonchev–Trinajstić information content (AvgIpc) is 3.02. The highest BCUT2D eigenvalue weighted by molar-refractivity contribution is 9.38. The van der Waals surface area contributed by atoms with E-state index in [1.54, 1.807) is 12.2 Å². The van der Waals surface area contributed by atoms with Gasteiger partial charge in [-0.05, 0) is 66.0 Å². The van der Waals surface area contributed by atoms with Crippen LogP contribution in [0.15, 0.2) is 39.2 Å². The van der Waals surface area contributed by atoms with E-state index in [2.05, 4.69) is 58.0 Å². The fourth-order valence-electron chi connectivity index (χ4n) is 1.65. The molecule has 20 heavy (non-hydrogen) atoms. The SMILES string of the molecule is BrC(Br)(Br)c1nnc(/C=C/c2cc3ccccc3o2)o1. The molecule has 0 radical (unpaired) electrons. The van der Waals surface area contributed by atoms with Crippen LogP contribution in [0.5, 0.6) is 0 Å². The van der Waals surface area contributed by atoms with E-state index >= 15 is 0 Å². The van der Waals surface area contributed by atoms with Gasteiger partial charge in [0, 0.05) is 11.5 Å². The van der Waals surface area contributed by atoms with Crippen molar-refractivity contribution in [2.75, 3.05) is 0 Å². The Morgan fingerprint density at radius 1 is 1.00 bits per heavy atom. The van der Waals surface area contributed by atoms with Gasteiger partial charge in [-0.2, -0.15) is 0 Å². The second kappa shape index (κ2) is 5.46. The summed E-state index contributed by atoms with van der Waals surface area (Å²) in [6.07, 6.45) is 3.49. The number of fused-ring (bicyclic) bond motifs is 1. The molecule has 0 atom stereocenters. The number of rotatable bonds is 2. The molecule has 2 aromatic heterocycles. The number of benzene rings is 1. The number of alkyl halides is 3. The number of aromatic nitrogens is 2. The lowest BCUT2D eigenvalue weighted by Gasteiger charge is -2.03. The van der Waals surface area contributed by atoms with Gasteiger partial charge in [0.1, 0.15) is 11.3 Å². The molecule has 3 rings (SSSR count). The molecule has 0 amide bonds. The maximum Gasteiger partial charge on any atom is 0.255 e. The first kappa shape index (κ1) is 14.0. The van der Waals surface area contributed by atoms with Crippen molar-refractivity contribution < 1.29 is 8.83 Å². The van der Waals surface area contributed by atoms with Crippen molar-refractivity contribution in [3.8, 4) is 0 Å². The third-order valence-electron chi connectivity index (χ3n) is 2.52. The van der Waals surface area contributed by atoms with E-state index in [9.17, 15) is 0 Å². The summed E-state index contributed by atoms with van der Waals surface area (Å²) in [5, 5.41) is 8.87.